The molecule has 6 heteroatoms. The third kappa shape index (κ3) is 3.37. The maximum absolute atomic E-state index is 13.9. The highest BCUT2D eigenvalue weighted by Gasteiger charge is 2.50. The number of hydrogen-bond donors (Lipinski definition) is 1. The maximum atomic E-state index is 13.9. The Morgan fingerprint density at radius 3 is 1.81 bits per heavy atom. The first kappa shape index (κ1) is 22.5. The van der Waals surface area contributed by atoms with Gasteiger partial charge in [-0.25, -0.2) is 5.01 Å². The van der Waals surface area contributed by atoms with Gasteiger partial charge in [0.2, 0.25) is 0 Å². The van der Waals surface area contributed by atoms with E-state index in [1.54, 1.807) is 48.5 Å². The van der Waals surface area contributed by atoms with E-state index >= 15 is 0 Å². The molecular weight excluding hydrogens is 462 g/mol. The third-order valence-electron chi connectivity index (χ3n) is 7.02. The number of nitrogens with one attached hydrogen (secondary N) is 1. The van der Waals surface area contributed by atoms with Crippen LogP contribution in [0.1, 0.15) is 49.3 Å². The standard InChI is InChI=1S/C31H23N3O3/c1-31(23-17-9-4-10-18-23)26-24-19-11-12-20-25(24)33(29(36)21-13-5-2-6-14-21)27(26)28(35)32-34(31)30(37)22-15-7-3-8-16-22/h2-20H,1H3,(H,32,35). The zero-order valence-corrected chi connectivity index (χ0v) is 20.1. The first-order valence-corrected chi connectivity index (χ1v) is 12.0. The van der Waals surface area contributed by atoms with Gasteiger partial charge in [-0.1, -0.05) is 84.9 Å². The van der Waals surface area contributed by atoms with Crippen LogP contribution in [-0.4, -0.2) is 27.3 Å². The molecule has 1 unspecified atom stereocenters. The summed E-state index contributed by atoms with van der Waals surface area (Å²) in [5.74, 6) is -1.18. The first-order chi connectivity index (χ1) is 18.0. The van der Waals surface area contributed by atoms with E-state index in [-0.39, 0.29) is 17.5 Å². The molecule has 5 aromatic rings. The summed E-state index contributed by atoms with van der Waals surface area (Å²) in [6, 6.07) is 34.7. The van der Waals surface area contributed by atoms with Gasteiger partial charge in [-0.3, -0.25) is 24.4 Å². The molecule has 0 fully saturated rings. The molecule has 37 heavy (non-hydrogen) atoms. The summed E-state index contributed by atoms with van der Waals surface area (Å²) in [5, 5.41) is 2.13. The summed E-state index contributed by atoms with van der Waals surface area (Å²) in [6.07, 6.45) is 0. The zero-order valence-electron chi connectivity index (χ0n) is 20.1. The van der Waals surface area contributed by atoms with Gasteiger partial charge < -0.3 is 0 Å². The highest BCUT2D eigenvalue weighted by molar-refractivity contribution is 6.13. The van der Waals surface area contributed by atoms with Gasteiger partial charge in [0.05, 0.1) is 5.52 Å². The van der Waals surface area contributed by atoms with Crippen molar-refractivity contribution in [1.82, 2.24) is 15.0 Å². The average Bonchev–Trinajstić information content (AvgIpc) is 3.32. The van der Waals surface area contributed by atoms with Crippen molar-refractivity contribution in [2.75, 3.05) is 0 Å². The molecule has 1 aliphatic heterocycles. The second-order valence-electron chi connectivity index (χ2n) is 9.13. The number of carbonyl (C=O) groups is 3. The Hall–Kier alpha value is -4.97. The van der Waals surface area contributed by atoms with Crippen LogP contribution < -0.4 is 5.43 Å². The van der Waals surface area contributed by atoms with Crippen molar-refractivity contribution in [3.8, 4) is 0 Å². The van der Waals surface area contributed by atoms with Crippen molar-refractivity contribution < 1.29 is 14.4 Å². The fourth-order valence-corrected chi connectivity index (χ4v) is 5.25. The molecule has 1 N–H and O–H groups in total. The molecule has 180 valence electrons. The van der Waals surface area contributed by atoms with E-state index in [1.165, 1.54) is 9.58 Å². The van der Waals surface area contributed by atoms with E-state index in [4.69, 9.17) is 0 Å². The Labute approximate surface area is 213 Å². The Bertz CT molecular complexity index is 1660. The van der Waals surface area contributed by atoms with Crippen LogP contribution in [0, 0.1) is 0 Å². The van der Waals surface area contributed by atoms with Crippen LogP contribution in [0.2, 0.25) is 0 Å². The number of carbonyl (C=O) groups excluding carboxylic acids is 3. The average molecular weight is 486 g/mol. The molecule has 0 bridgehead atoms. The van der Waals surface area contributed by atoms with Crippen molar-refractivity contribution in [3.05, 3.63) is 143 Å². The zero-order chi connectivity index (χ0) is 25.6. The topological polar surface area (TPSA) is 71.4 Å². The Balaban J connectivity index is 1.68. The molecule has 0 spiro atoms. The molecule has 6 nitrogen and oxygen atoms in total. The number of aromatic nitrogens is 1. The third-order valence-corrected chi connectivity index (χ3v) is 7.02. The monoisotopic (exact) mass is 485 g/mol. The van der Waals surface area contributed by atoms with Crippen molar-refractivity contribution >= 4 is 28.6 Å². The molecule has 4 aromatic carbocycles. The first-order valence-electron chi connectivity index (χ1n) is 12.0. The predicted octanol–water partition coefficient (Wildman–Crippen LogP) is 5.39. The van der Waals surface area contributed by atoms with Gasteiger partial charge in [0.15, 0.2) is 0 Å². The summed E-state index contributed by atoms with van der Waals surface area (Å²) >= 11 is 0. The van der Waals surface area contributed by atoms with E-state index in [0.717, 1.165) is 10.9 Å². The van der Waals surface area contributed by atoms with Crippen LogP contribution in [-0.2, 0) is 5.54 Å². The molecule has 6 rings (SSSR count). The van der Waals surface area contributed by atoms with Gasteiger partial charge in [0, 0.05) is 22.1 Å². The Morgan fingerprint density at radius 2 is 1.19 bits per heavy atom. The van der Waals surface area contributed by atoms with Crippen molar-refractivity contribution in [3.63, 3.8) is 0 Å². The highest BCUT2D eigenvalue weighted by Crippen LogP contribution is 2.45. The summed E-state index contributed by atoms with van der Waals surface area (Å²) in [4.78, 5) is 41.5. The molecule has 0 saturated carbocycles. The quantitative estimate of drug-likeness (QED) is 0.372. The van der Waals surface area contributed by atoms with Crippen LogP contribution in [0.3, 0.4) is 0 Å². The van der Waals surface area contributed by atoms with Crippen LogP contribution in [0.25, 0.3) is 10.9 Å². The fourth-order valence-electron chi connectivity index (χ4n) is 5.25. The molecule has 1 atom stereocenters. The SMILES string of the molecule is CC1(c2ccccc2)c2c(n(C(=O)c3ccccc3)c3ccccc23)C(=O)NN1C(=O)c1ccccc1. The van der Waals surface area contributed by atoms with Crippen molar-refractivity contribution in [2.45, 2.75) is 12.5 Å². The van der Waals surface area contributed by atoms with Gasteiger partial charge >= 0.3 is 0 Å². The molecule has 1 aliphatic rings. The van der Waals surface area contributed by atoms with E-state index in [9.17, 15) is 14.4 Å². The minimum absolute atomic E-state index is 0.221. The number of hydrazine groups is 1. The summed E-state index contributed by atoms with van der Waals surface area (Å²) in [7, 11) is 0. The minimum atomic E-state index is -1.11. The lowest BCUT2D eigenvalue weighted by atomic mass is 9.80. The van der Waals surface area contributed by atoms with E-state index in [2.05, 4.69) is 5.43 Å². The maximum Gasteiger partial charge on any atom is 0.287 e. The molecule has 2 heterocycles. The summed E-state index contributed by atoms with van der Waals surface area (Å²) < 4.78 is 1.47. The number of amides is 2. The normalized spacial score (nSPS) is 16.8. The van der Waals surface area contributed by atoms with Crippen LogP contribution in [0.15, 0.2) is 115 Å². The van der Waals surface area contributed by atoms with Gasteiger partial charge in [0.1, 0.15) is 11.2 Å². The largest absolute Gasteiger partial charge is 0.287 e. The number of hydrogen-bond acceptors (Lipinski definition) is 3. The van der Waals surface area contributed by atoms with Gasteiger partial charge in [-0.2, -0.15) is 0 Å². The van der Waals surface area contributed by atoms with E-state index in [0.29, 0.717) is 22.2 Å². The van der Waals surface area contributed by atoms with Crippen LogP contribution in [0.4, 0.5) is 0 Å². The fraction of sp³-hybridized carbons (Fsp3) is 0.0645. The number of nitrogens with zero attached hydrogens (tertiary/aromatic N) is 2. The minimum Gasteiger partial charge on any atom is -0.270 e. The van der Waals surface area contributed by atoms with Gasteiger partial charge in [-0.15, -0.1) is 0 Å². The second kappa shape index (κ2) is 8.60. The van der Waals surface area contributed by atoms with Gasteiger partial charge in [0.25, 0.3) is 17.7 Å². The number of rotatable bonds is 3. The summed E-state index contributed by atoms with van der Waals surface area (Å²) in [5.41, 5.74) is 4.86. The lowest BCUT2D eigenvalue weighted by Crippen LogP contribution is -2.61. The van der Waals surface area contributed by atoms with Crippen LogP contribution in [0.5, 0.6) is 0 Å². The molecule has 0 saturated heterocycles. The molecule has 0 radical (unpaired) electrons. The lowest BCUT2D eigenvalue weighted by Gasteiger charge is -2.45. The molecular formula is C31H23N3O3. The summed E-state index contributed by atoms with van der Waals surface area (Å²) in [6.45, 7) is 1.91. The predicted molar refractivity (Wildman–Crippen MR) is 141 cm³/mol. The Kier molecular flexibility index (Phi) is 5.23. The van der Waals surface area contributed by atoms with E-state index in [1.807, 2.05) is 73.7 Å². The van der Waals surface area contributed by atoms with Crippen LogP contribution >= 0.6 is 0 Å². The van der Waals surface area contributed by atoms with Crippen molar-refractivity contribution in [1.29, 1.82) is 0 Å². The number of para-hydroxylation sites is 1. The van der Waals surface area contributed by atoms with Gasteiger partial charge in [-0.05, 0) is 42.8 Å². The number of benzene rings is 4. The lowest BCUT2D eigenvalue weighted by molar-refractivity contribution is 0.0307. The second-order valence-corrected chi connectivity index (χ2v) is 9.13. The van der Waals surface area contributed by atoms with E-state index < -0.39 is 11.4 Å². The molecule has 1 aromatic heterocycles. The highest BCUT2D eigenvalue weighted by atomic mass is 16.2. The smallest absolute Gasteiger partial charge is 0.270 e. The molecule has 0 aliphatic carbocycles. The molecule has 2 amide bonds. The number of fused-ring (bicyclic) bond motifs is 3. The Morgan fingerprint density at radius 1 is 0.676 bits per heavy atom. The van der Waals surface area contributed by atoms with Crippen molar-refractivity contribution in [2.24, 2.45) is 0 Å².